The molecule has 1 aliphatic rings. The molecular formula is C18H19BrClN. The summed E-state index contributed by atoms with van der Waals surface area (Å²) in [5.74, 6) is 0.687. The third kappa shape index (κ3) is 3.68. The monoisotopic (exact) mass is 363 g/mol. The first-order valence-electron chi connectivity index (χ1n) is 7.39. The summed E-state index contributed by atoms with van der Waals surface area (Å²) in [7, 11) is 0. The molecule has 21 heavy (non-hydrogen) atoms. The van der Waals surface area contributed by atoms with Crippen molar-refractivity contribution >= 4 is 27.5 Å². The summed E-state index contributed by atoms with van der Waals surface area (Å²) in [6.45, 7) is 2.21. The van der Waals surface area contributed by atoms with Gasteiger partial charge in [-0.15, -0.1) is 0 Å². The molecule has 0 spiro atoms. The van der Waals surface area contributed by atoms with E-state index in [9.17, 15) is 0 Å². The van der Waals surface area contributed by atoms with Crippen molar-refractivity contribution in [3.05, 3.63) is 69.2 Å². The third-order valence-electron chi connectivity index (χ3n) is 4.29. The maximum atomic E-state index is 6.06. The van der Waals surface area contributed by atoms with Crippen LogP contribution in [0.5, 0.6) is 0 Å². The van der Waals surface area contributed by atoms with Crippen LogP contribution >= 0.6 is 27.5 Å². The van der Waals surface area contributed by atoms with Gasteiger partial charge in [-0.2, -0.15) is 0 Å². The highest BCUT2D eigenvalue weighted by molar-refractivity contribution is 9.10. The molecule has 1 aliphatic carbocycles. The number of rotatable bonds is 4. The average molecular weight is 365 g/mol. The van der Waals surface area contributed by atoms with Crippen LogP contribution in [0.4, 0.5) is 0 Å². The van der Waals surface area contributed by atoms with Crippen molar-refractivity contribution in [2.45, 2.75) is 37.8 Å². The SMILES string of the molecule is C[C@H](NC1CC(c2cccc(Br)c2)C1)c1cccc(Cl)c1. The molecule has 0 bridgehead atoms. The van der Waals surface area contributed by atoms with Crippen LogP contribution in [0.1, 0.15) is 42.9 Å². The van der Waals surface area contributed by atoms with Crippen LogP contribution < -0.4 is 5.32 Å². The Kier molecular flexibility index (Phi) is 4.68. The second kappa shape index (κ2) is 6.51. The molecule has 0 amide bonds. The van der Waals surface area contributed by atoms with E-state index in [1.54, 1.807) is 0 Å². The maximum Gasteiger partial charge on any atom is 0.0409 e. The Balaban J connectivity index is 1.55. The molecule has 2 aromatic rings. The summed E-state index contributed by atoms with van der Waals surface area (Å²) < 4.78 is 1.17. The Labute approximate surface area is 139 Å². The summed E-state index contributed by atoms with van der Waals surface area (Å²) in [6, 6.07) is 17.7. The molecular weight excluding hydrogens is 346 g/mol. The van der Waals surface area contributed by atoms with Crippen molar-refractivity contribution in [2.75, 3.05) is 0 Å². The molecule has 1 atom stereocenters. The van der Waals surface area contributed by atoms with E-state index in [4.69, 9.17) is 11.6 Å². The highest BCUT2D eigenvalue weighted by atomic mass is 79.9. The molecule has 0 aromatic heterocycles. The molecule has 2 aromatic carbocycles. The lowest BCUT2D eigenvalue weighted by Crippen LogP contribution is -2.41. The summed E-state index contributed by atoms with van der Waals surface area (Å²) in [4.78, 5) is 0. The van der Waals surface area contributed by atoms with Crippen LogP contribution in [0.15, 0.2) is 53.0 Å². The normalized spacial score (nSPS) is 22.6. The lowest BCUT2D eigenvalue weighted by molar-refractivity contribution is 0.271. The third-order valence-corrected chi connectivity index (χ3v) is 5.02. The van der Waals surface area contributed by atoms with Crippen molar-refractivity contribution in [3.63, 3.8) is 0 Å². The Morgan fingerprint density at radius 3 is 2.62 bits per heavy atom. The first-order chi connectivity index (χ1) is 10.1. The second-order valence-corrected chi connectivity index (χ2v) is 7.22. The molecule has 0 radical (unpaired) electrons. The van der Waals surface area contributed by atoms with Gasteiger partial charge in [0.05, 0.1) is 0 Å². The van der Waals surface area contributed by atoms with E-state index in [0.29, 0.717) is 18.0 Å². The predicted molar refractivity (Wildman–Crippen MR) is 92.9 cm³/mol. The topological polar surface area (TPSA) is 12.0 Å². The quantitative estimate of drug-likeness (QED) is 0.734. The van der Waals surface area contributed by atoms with E-state index >= 15 is 0 Å². The smallest absolute Gasteiger partial charge is 0.0409 e. The molecule has 1 N–H and O–H groups in total. The first-order valence-corrected chi connectivity index (χ1v) is 8.56. The number of halogens is 2. The van der Waals surface area contributed by atoms with Gasteiger partial charge in [0, 0.05) is 21.6 Å². The lowest BCUT2D eigenvalue weighted by atomic mass is 9.75. The van der Waals surface area contributed by atoms with Crippen molar-refractivity contribution < 1.29 is 0 Å². The van der Waals surface area contributed by atoms with Gasteiger partial charge in [0.25, 0.3) is 0 Å². The van der Waals surface area contributed by atoms with E-state index < -0.39 is 0 Å². The highest BCUT2D eigenvalue weighted by Gasteiger charge is 2.31. The van der Waals surface area contributed by atoms with Crippen molar-refractivity contribution in [2.24, 2.45) is 0 Å². The van der Waals surface area contributed by atoms with Gasteiger partial charge in [0.2, 0.25) is 0 Å². The van der Waals surface area contributed by atoms with Crippen LogP contribution in [-0.2, 0) is 0 Å². The van der Waals surface area contributed by atoms with Gasteiger partial charge in [0.15, 0.2) is 0 Å². The van der Waals surface area contributed by atoms with E-state index in [2.05, 4.69) is 58.5 Å². The largest absolute Gasteiger partial charge is 0.307 e. The first kappa shape index (κ1) is 15.1. The van der Waals surface area contributed by atoms with Crippen molar-refractivity contribution in [1.82, 2.24) is 5.32 Å². The van der Waals surface area contributed by atoms with Gasteiger partial charge >= 0.3 is 0 Å². The fourth-order valence-electron chi connectivity index (χ4n) is 3.01. The maximum absolute atomic E-state index is 6.06. The minimum Gasteiger partial charge on any atom is -0.307 e. The molecule has 3 heteroatoms. The molecule has 3 rings (SSSR count). The number of benzene rings is 2. The zero-order valence-electron chi connectivity index (χ0n) is 12.0. The van der Waals surface area contributed by atoms with Gasteiger partial charge in [-0.3, -0.25) is 0 Å². The van der Waals surface area contributed by atoms with Gasteiger partial charge in [0.1, 0.15) is 0 Å². The van der Waals surface area contributed by atoms with Gasteiger partial charge < -0.3 is 5.32 Å². The number of hydrogen-bond acceptors (Lipinski definition) is 1. The van der Waals surface area contributed by atoms with Gasteiger partial charge in [-0.1, -0.05) is 51.8 Å². The standard InChI is InChI=1S/C18H19BrClN/c1-12(13-4-3-7-17(20)9-13)21-18-10-15(11-18)14-5-2-6-16(19)8-14/h2-9,12,15,18,21H,10-11H2,1H3/t12-,15?,18?/m0/s1. The van der Waals surface area contributed by atoms with E-state index in [0.717, 1.165) is 5.02 Å². The molecule has 0 heterocycles. The molecule has 1 fully saturated rings. The molecule has 0 unspecified atom stereocenters. The van der Waals surface area contributed by atoms with Crippen LogP contribution in [0.3, 0.4) is 0 Å². The molecule has 110 valence electrons. The van der Waals surface area contributed by atoms with Crippen LogP contribution in [0, 0.1) is 0 Å². The van der Waals surface area contributed by atoms with E-state index in [1.165, 1.54) is 28.4 Å². The Bertz CT molecular complexity index is 622. The van der Waals surface area contributed by atoms with Crippen LogP contribution in [0.25, 0.3) is 0 Å². The van der Waals surface area contributed by atoms with E-state index in [1.807, 2.05) is 18.2 Å². The predicted octanol–water partition coefficient (Wildman–Crippen LogP) is 5.70. The van der Waals surface area contributed by atoms with Gasteiger partial charge in [-0.05, 0) is 61.1 Å². The molecule has 1 nitrogen and oxygen atoms in total. The van der Waals surface area contributed by atoms with Crippen LogP contribution in [-0.4, -0.2) is 6.04 Å². The van der Waals surface area contributed by atoms with E-state index in [-0.39, 0.29) is 0 Å². The van der Waals surface area contributed by atoms with Crippen molar-refractivity contribution in [3.8, 4) is 0 Å². The number of nitrogens with one attached hydrogen (secondary N) is 1. The number of hydrogen-bond donors (Lipinski definition) is 1. The fourth-order valence-corrected chi connectivity index (χ4v) is 3.63. The summed E-state index contributed by atoms with van der Waals surface area (Å²) in [5.41, 5.74) is 2.70. The molecule has 0 aliphatic heterocycles. The minimum atomic E-state index is 0.345. The van der Waals surface area contributed by atoms with Crippen LogP contribution in [0.2, 0.25) is 5.02 Å². The Morgan fingerprint density at radius 1 is 1.14 bits per heavy atom. The van der Waals surface area contributed by atoms with Gasteiger partial charge in [-0.25, -0.2) is 0 Å². The highest BCUT2D eigenvalue weighted by Crippen LogP contribution is 2.38. The zero-order chi connectivity index (χ0) is 14.8. The second-order valence-electron chi connectivity index (χ2n) is 5.86. The Morgan fingerprint density at radius 2 is 1.90 bits per heavy atom. The van der Waals surface area contributed by atoms with Crippen molar-refractivity contribution in [1.29, 1.82) is 0 Å². The fraction of sp³-hybridized carbons (Fsp3) is 0.333. The summed E-state index contributed by atoms with van der Waals surface area (Å²) >= 11 is 9.61. The minimum absolute atomic E-state index is 0.345. The summed E-state index contributed by atoms with van der Waals surface area (Å²) in [6.07, 6.45) is 2.42. The zero-order valence-corrected chi connectivity index (χ0v) is 14.4. The lowest BCUT2D eigenvalue weighted by Gasteiger charge is -2.38. The Hall–Kier alpha value is -0.830. The molecule has 1 saturated carbocycles. The summed E-state index contributed by atoms with van der Waals surface area (Å²) in [5, 5.41) is 4.51. The average Bonchev–Trinajstić information content (AvgIpc) is 2.42. The molecule has 0 saturated heterocycles.